The van der Waals surface area contributed by atoms with Gasteiger partial charge in [0.25, 0.3) is 0 Å². The summed E-state index contributed by atoms with van der Waals surface area (Å²) >= 11 is 0. The van der Waals surface area contributed by atoms with Crippen LogP contribution in [-0.4, -0.2) is 19.9 Å². The summed E-state index contributed by atoms with van der Waals surface area (Å²) in [5, 5.41) is 3.06. The quantitative estimate of drug-likeness (QED) is 0.771. The second kappa shape index (κ2) is 4.84. The molecule has 0 unspecified atom stereocenters. The Bertz CT molecular complexity index is 755. The van der Waals surface area contributed by atoms with E-state index in [0.29, 0.717) is 22.5 Å². The topological polar surface area (TPSA) is 66.5 Å². The molecule has 7 heteroatoms. The van der Waals surface area contributed by atoms with Crippen molar-refractivity contribution in [1.82, 2.24) is 19.9 Å². The van der Waals surface area contributed by atoms with Crippen molar-refractivity contribution in [2.75, 3.05) is 5.32 Å². The van der Waals surface area contributed by atoms with Gasteiger partial charge in [-0.3, -0.25) is 0 Å². The van der Waals surface area contributed by atoms with Crippen LogP contribution < -0.4 is 5.32 Å². The summed E-state index contributed by atoms with van der Waals surface area (Å²) in [4.78, 5) is 15.0. The summed E-state index contributed by atoms with van der Waals surface area (Å²) in [6, 6.07) is 3.12. The Hall–Kier alpha value is -2.57. The van der Waals surface area contributed by atoms with Crippen LogP contribution in [0.5, 0.6) is 0 Å². The van der Waals surface area contributed by atoms with E-state index in [-0.39, 0.29) is 6.04 Å². The van der Waals surface area contributed by atoms with Gasteiger partial charge in [-0.1, -0.05) is 6.07 Å². The van der Waals surface area contributed by atoms with Gasteiger partial charge in [-0.15, -0.1) is 0 Å². The van der Waals surface area contributed by atoms with Gasteiger partial charge in [0.15, 0.2) is 11.5 Å². The molecule has 5 nitrogen and oxygen atoms in total. The zero-order chi connectivity index (χ0) is 14.1. The van der Waals surface area contributed by atoms with Crippen molar-refractivity contribution in [2.45, 2.75) is 13.0 Å². The number of fused-ring (bicyclic) bond motifs is 1. The minimum atomic E-state index is -0.601. The van der Waals surface area contributed by atoms with Crippen molar-refractivity contribution in [1.29, 1.82) is 0 Å². The molecule has 2 heterocycles. The first-order valence-corrected chi connectivity index (χ1v) is 6.00. The Morgan fingerprint density at radius 2 is 2.05 bits per heavy atom. The summed E-state index contributed by atoms with van der Waals surface area (Å²) in [6.45, 7) is 1.76. The molecule has 3 aromatic rings. The van der Waals surface area contributed by atoms with Crippen molar-refractivity contribution in [3.8, 4) is 0 Å². The van der Waals surface area contributed by atoms with Gasteiger partial charge in [-0.25, -0.2) is 23.7 Å². The molecule has 1 aromatic carbocycles. The van der Waals surface area contributed by atoms with Gasteiger partial charge in [-0.2, -0.15) is 0 Å². The van der Waals surface area contributed by atoms with E-state index >= 15 is 0 Å². The molecular weight excluding hydrogens is 264 g/mol. The molecule has 0 aliphatic rings. The number of halogens is 2. The fourth-order valence-corrected chi connectivity index (χ4v) is 2.01. The van der Waals surface area contributed by atoms with Gasteiger partial charge in [0.05, 0.1) is 12.4 Å². The summed E-state index contributed by atoms with van der Waals surface area (Å²) in [6.07, 6.45) is 2.88. The van der Waals surface area contributed by atoms with Crippen LogP contribution in [0, 0.1) is 11.6 Å². The summed E-state index contributed by atoms with van der Waals surface area (Å²) < 4.78 is 26.6. The van der Waals surface area contributed by atoms with Gasteiger partial charge in [0.2, 0.25) is 0 Å². The summed E-state index contributed by atoms with van der Waals surface area (Å²) in [5.41, 5.74) is 1.52. The van der Waals surface area contributed by atoms with Gasteiger partial charge in [0, 0.05) is 11.6 Å². The third kappa shape index (κ3) is 2.18. The Morgan fingerprint density at radius 1 is 1.20 bits per heavy atom. The lowest BCUT2D eigenvalue weighted by atomic mass is 10.1. The Labute approximate surface area is 113 Å². The molecule has 0 saturated carbocycles. The number of hydrogen-bond acceptors (Lipinski definition) is 4. The number of aromatic amines is 1. The Balaban J connectivity index is 1.92. The van der Waals surface area contributed by atoms with Crippen LogP contribution in [0.15, 0.2) is 30.9 Å². The number of nitrogens with zero attached hydrogens (tertiary/aromatic N) is 3. The maximum Gasteiger partial charge on any atom is 0.182 e. The molecular formula is C13H11F2N5. The van der Waals surface area contributed by atoms with Crippen molar-refractivity contribution in [3.05, 3.63) is 48.1 Å². The van der Waals surface area contributed by atoms with Crippen LogP contribution in [0.3, 0.4) is 0 Å². The maximum atomic E-state index is 13.7. The van der Waals surface area contributed by atoms with Crippen molar-refractivity contribution in [3.63, 3.8) is 0 Å². The SMILES string of the molecule is C[C@H](Nc1ncnc2nc[nH]c12)c1ccc(F)cc1F. The van der Waals surface area contributed by atoms with E-state index in [9.17, 15) is 8.78 Å². The van der Waals surface area contributed by atoms with E-state index in [0.717, 1.165) is 6.07 Å². The van der Waals surface area contributed by atoms with Crippen LogP contribution in [0.1, 0.15) is 18.5 Å². The highest BCUT2D eigenvalue weighted by atomic mass is 19.1. The van der Waals surface area contributed by atoms with Gasteiger partial charge >= 0.3 is 0 Å². The van der Waals surface area contributed by atoms with Gasteiger partial charge in [-0.05, 0) is 13.0 Å². The minimum Gasteiger partial charge on any atom is -0.362 e. The first kappa shape index (κ1) is 12.5. The maximum absolute atomic E-state index is 13.7. The van der Waals surface area contributed by atoms with Crippen molar-refractivity contribution < 1.29 is 8.78 Å². The first-order valence-electron chi connectivity index (χ1n) is 6.00. The normalized spacial score (nSPS) is 12.6. The second-order valence-electron chi connectivity index (χ2n) is 4.36. The largest absolute Gasteiger partial charge is 0.362 e. The Morgan fingerprint density at radius 3 is 2.85 bits per heavy atom. The number of aromatic nitrogens is 4. The molecule has 20 heavy (non-hydrogen) atoms. The smallest absolute Gasteiger partial charge is 0.182 e. The second-order valence-corrected chi connectivity index (χ2v) is 4.36. The summed E-state index contributed by atoms with van der Waals surface area (Å²) in [5.74, 6) is -0.680. The fraction of sp³-hybridized carbons (Fsp3) is 0.154. The molecule has 0 aliphatic heterocycles. The van der Waals surface area contributed by atoms with Crippen LogP contribution in [0.4, 0.5) is 14.6 Å². The predicted octanol–water partition coefficient (Wildman–Crippen LogP) is 2.80. The molecule has 0 radical (unpaired) electrons. The first-order chi connectivity index (χ1) is 9.65. The van der Waals surface area contributed by atoms with Crippen LogP contribution in [0.2, 0.25) is 0 Å². The lowest BCUT2D eigenvalue weighted by Crippen LogP contribution is -2.10. The number of benzene rings is 1. The molecule has 0 spiro atoms. The van der Waals surface area contributed by atoms with E-state index in [1.54, 1.807) is 6.92 Å². The molecule has 0 fully saturated rings. The number of rotatable bonds is 3. The Kier molecular flexibility index (Phi) is 3.02. The highest BCUT2D eigenvalue weighted by Crippen LogP contribution is 2.24. The average molecular weight is 275 g/mol. The van der Waals surface area contributed by atoms with E-state index in [4.69, 9.17) is 0 Å². The third-order valence-electron chi connectivity index (χ3n) is 3.01. The van der Waals surface area contributed by atoms with Crippen LogP contribution in [-0.2, 0) is 0 Å². The number of imidazole rings is 1. The zero-order valence-electron chi connectivity index (χ0n) is 10.6. The third-order valence-corrected chi connectivity index (χ3v) is 3.01. The van der Waals surface area contributed by atoms with E-state index in [1.165, 1.54) is 24.8 Å². The van der Waals surface area contributed by atoms with Crippen molar-refractivity contribution >= 4 is 17.0 Å². The molecule has 1 atom stereocenters. The average Bonchev–Trinajstić information content (AvgIpc) is 2.87. The van der Waals surface area contributed by atoms with E-state index in [2.05, 4.69) is 25.3 Å². The van der Waals surface area contributed by atoms with Crippen LogP contribution >= 0.6 is 0 Å². The molecule has 102 valence electrons. The molecule has 0 saturated heterocycles. The molecule has 3 rings (SSSR count). The fourth-order valence-electron chi connectivity index (χ4n) is 2.01. The molecule has 0 amide bonds. The molecule has 2 N–H and O–H groups in total. The van der Waals surface area contributed by atoms with E-state index in [1.807, 2.05) is 0 Å². The van der Waals surface area contributed by atoms with E-state index < -0.39 is 11.6 Å². The zero-order valence-corrected chi connectivity index (χ0v) is 10.6. The molecule has 2 aromatic heterocycles. The monoisotopic (exact) mass is 275 g/mol. The van der Waals surface area contributed by atoms with Gasteiger partial charge < -0.3 is 10.3 Å². The number of anilines is 1. The standard InChI is InChI=1S/C13H11F2N5/c1-7(9-3-2-8(14)4-10(9)15)20-13-11-12(17-5-16-11)18-6-19-13/h2-7H,1H3,(H2,16,17,18,19,20)/t7-/m0/s1. The minimum absolute atomic E-state index is 0.359. The highest BCUT2D eigenvalue weighted by molar-refractivity contribution is 5.82. The lowest BCUT2D eigenvalue weighted by Gasteiger charge is -2.15. The summed E-state index contributed by atoms with van der Waals surface area (Å²) in [7, 11) is 0. The molecule has 0 aliphatic carbocycles. The number of nitrogens with one attached hydrogen (secondary N) is 2. The number of hydrogen-bond donors (Lipinski definition) is 2. The highest BCUT2D eigenvalue weighted by Gasteiger charge is 2.14. The van der Waals surface area contributed by atoms with Crippen LogP contribution in [0.25, 0.3) is 11.2 Å². The number of H-pyrrole nitrogens is 1. The van der Waals surface area contributed by atoms with Gasteiger partial charge in [0.1, 0.15) is 23.5 Å². The van der Waals surface area contributed by atoms with Crippen molar-refractivity contribution in [2.24, 2.45) is 0 Å². The lowest BCUT2D eigenvalue weighted by molar-refractivity contribution is 0.566. The predicted molar refractivity (Wildman–Crippen MR) is 70.1 cm³/mol. The molecule has 0 bridgehead atoms.